The number of phenolic OH excluding ortho intramolecular Hbond substituents is 1. The van der Waals surface area contributed by atoms with Crippen molar-refractivity contribution in [2.24, 2.45) is 0 Å². The number of carbonyl (C=O) groups excluding carboxylic acids is 1. The van der Waals surface area contributed by atoms with Gasteiger partial charge in [-0.15, -0.1) is 0 Å². The van der Waals surface area contributed by atoms with Gasteiger partial charge >= 0.3 is 5.97 Å². The molecule has 0 heterocycles. The van der Waals surface area contributed by atoms with E-state index in [4.69, 9.17) is 5.11 Å². The van der Waals surface area contributed by atoms with Crippen LogP contribution >= 0.6 is 0 Å². The predicted molar refractivity (Wildman–Crippen MR) is 83.9 cm³/mol. The van der Waals surface area contributed by atoms with Crippen LogP contribution < -0.4 is 4.90 Å². The van der Waals surface area contributed by atoms with Crippen molar-refractivity contribution in [3.8, 4) is 5.75 Å². The zero-order chi connectivity index (χ0) is 16.3. The molecular weight excluding hydrogens is 282 g/mol. The Balaban J connectivity index is 2.45. The van der Waals surface area contributed by atoms with Crippen molar-refractivity contribution in [3.05, 3.63) is 59.2 Å². The highest BCUT2D eigenvalue weighted by molar-refractivity contribution is 6.15. The van der Waals surface area contributed by atoms with E-state index in [0.717, 1.165) is 12.2 Å². The van der Waals surface area contributed by atoms with Crippen molar-refractivity contribution in [3.63, 3.8) is 0 Å². The fourth-order valence-corrected chi connectivity index (χ4v) is 2.14. The van der Waals surface area contributed by atoms with Gasteiger partial charge in [-0.05, 0) is 25.1 Å². The van der Waals surface area contributed by atoms with Gasteiger partial charge in [0.2, 0.25) is 0 Å². The number of carboxylic acid groups (broad SMARTS) is 1. The third kappa shape index (κ3) is 2.93. The number of aromatic carboxylic acids is 1. The zero-order valence-electron chi connectivity index (χ0n) is 12.4. The summed E-state index contributed by atoms with van der Waals surface area (Å²) in [6.45, 7) is 2.73. The summed E-state index contributed by atoms with van der Waals surface area (Å²) >= 11 is 0. The number of anilines is 1. The van der Waals surface area contributed by atoms with E-state index >= 15 is 0 Å². The van der Waals surface area contributed by atoms with Crippen LogP contribution in [0.2, 0.25) is 0 Å². The largest absolute Gasteiger partial charge is 0.507 e. The molecule has 0 fully saturated rings. The summed E-state index contributed by atoms with van der Waals surface area (Å²) in [6.07, 6.45) is 0. The first-order valence-electron chi connectivity index (χ1n) is 6.87. The Morgan fingerprint density at radius 1 is 1.05 bits per heavy atom. The van der Waals surface area contributed by atoms with Crippen molar-refractivity contribution >= 4 is 17.4 Å². The first kappa shape index (κ1) is 15.6. The van der Waals surface area contributed by atoms with Crippen molar-refractivity contribution in [1.29, 1.82) is 0 Å². The van der Waals surface area contributed by atoms with Crippen LogP contribution in [0.25, 0.3) is 0 Å². The van der Waals surface area contributed by atoms with E-state index in [0.29, 0.717) is 0 Å². The molecule has 2 aromatic carbocycles. The SMILES string of the molecule is CCN(C)c1ccc(C(=O)c2ccccc2C(=O)O)c(O)c1. The molecule has 5 nitrogen and oxygen atoms in total. The molecule has 5 heteroatoms. The van der Waals surface area contributed by atoms with Crippen LogP contribution in [0.3, 0.4) is 0 Å². The molecule has 114 valence electrons. The van der Waals surface area contributed by atoms with Crippen LogP contribution in [-0.4, -0.2) is 35.6 Å². The molecule has 2 N–H and O–H groups in total. The second-order valence-electron chi connectivity index (χ2n) is 4.90. The van der Waals surface area contributed by atoms with E-state index in [-0.39, 0.29) is 22.4 Å². The molecule has 0 saturated heterocycles. The predicted octanol–water partition coefficient (Wildman–Crippen LogP) is 2.78. The second kappa shape index (κ2) is 6.30. The van der Waals surface area contributed by atoms with E-state index in [1.807, 2.05) is 18.9 Å². The van der Waals surface area contributed by atoms with Gasteiger partial charge < -0.3 is 15.1 Å². The lowest BCUT2D eigenvalue weighted by molar-refractivity contribution is 0.0692. The van der Waals surface area contributed by atoms with E-state index < -0.39 is 11.8 Å². The van der Waals surface area contributed by atoms with Gasteiger partial charge in [0.05, 0.1) is 11.1 Å². The van der Waals surface area contributed by atoms with E-state index in [9.17, 15) is 14.7 Å². The van der Waals surface area contributed by atoms with Crippen LogP contribution in [0.1, 0.15) is 33.2 Å². The molecule has 0 atom stereocenters. The lowest BCUT2D eigenvalue weighted by Crippen LogP contribution is -2.16. The van der Waals surface area contributed by atoms with Gasteiger partial charge in [-0.25, -0.2) is 4.79 Å². The van der Waals surface area contributed by atoms with Gasteiger partial charge in [0.1, 0.15) is 5.75 Å². The van der Waals surface area contributed by atoms with Crippen LogP contribution in [-0.2, 0) is 0 Å². The second-order valence-corrected chi connectivity index (χ2v) is 4.90. The van der Waals surface area contributed by atoms with Crippen molar-refractivity contribution in [2.75, 3.05) is 18.5 Å². The lowest BCUT2D eigenvalue weighted by Gasteiger charge is -2.17. The molecule has 22 heavy (non-hydrogen) atoms. The number of phenols is 1. The average molecular weight is 299 g/mol. The maximum absolute atomic E-state index is 12.5. The van der Waals surface area contributed by atoms with Crippen molar-refractivity contribution in [2.45, 2.75) is 6.92 Å². The summed E-state index contributed by atoms with van der Waals surface area (Å²) in [5.41, 5.74) is 0.841. The number of nitrogens with zero attached hydrogens (tertiary/aromatic N) is 1. The van der Waals surface area contributed by atoms with Crippen LogP contribution in [0.15, 0.2) is 42.5 Å². The fourth-order valence-electron chi connectivity index (χ4n) is 2.14. The number of aromatic hydroxyl groups is 1. The Kier molecular flexibility index (Phi) is 4.46. The van der Waals surface area contributed by atoms with Gasteiger partial charge in [0, 0.05) is 30.9 Å². The minimum atomic E-state index is -1.18. The first-order valence-corrected chi connectivity index (χ1v) is 6.87. The maximum Gasteiger partial charge on any atom is 0.336 e. The Labute approximate surface area is 128 Å². The van der Waals surface area contributed by atoms with Gasteiger partial charge in [0.15, 0.2) is 5.78 Å². The molecule has 2 rings (SSSR count). The molecule has 0 aromatic heterocycles. The number of hydrogen-bond donors (Lipinski definition) is 2. The standard InChI is InChI=1S/C17H17NO4/c1-3-18(2)11-8-9-14(15(19)10-11)16(20)12-6-4-5-7-13(12)17(21)22/h4-10,19H,3H2,1-2H3,(H,21,22). The number of rotatable bonds is 5. The van der Waals surface area contributed by atoms with Gasteiger partial charge in [-0.3, -0.25) is 4.79 Å². The molecule has 2 aromatic rings. The quantitative estimate of drug-likeness (QED) is 0.830. The number of benzene rings is 2. The molecule has 0 saturated carbocycles. The van der Waals surface area contributed by atoms with E-state index in [2.05, 4.69) is 0 Å². The molecule has 0 amide bonds. The Bertz CT molecular complexity index is 724. The number of carbonyl (C=O) groups is 2. The van der Waals surface area contributed by atoms with Gasteiger partial charge in [0.25, 0.3) is 0 Å². The Hall–Kier alpha value is -2.82. The third-order valence-electron chi connectivity index (χ3n) is 3.54. The Morgan fingerprint density at radius 2 is 1.68 bits per heavy atom. The van der Waals surface area contributed by atoms with Crippen LogP contribution in [0.4, 0.5) is 5.69 Å². The smallest absolute Gasteiger partial charge is 0.336 e. The van der Waals surface area contributed by atoms with Gasteiger partial charge in [-0.2, -0.15) is 0 Å². The minimum Gasteiger partial charge on any atom is -0.507 e. The molecule has 0 aliphatic rings. The average Bonchev–Trinajstić information content (AvgIpc) is 2.53. The zero-order valence-corrected chi connectivity index (χ0v) is 12.4. The molecule has 0 bridgehead atoms. The topological polar surface area (TPSA) is 77.8 Å². The molecule has 0 aliphatic carbocycles. The monoisotopic (exact) mass is 299 g/mol. The summed E-state index contributed by atoms with van der Waals surface area (Å²) in [6, 6.07) is 10.7. The first-order chi connectivity index (χ1) is 10.5. The molecule has 0 aliphatic heterocycles. The summed E-state index contributed by atoms with van der Waals surface area (Å²) in [7, 11) is 1.87. The lowest BCUT2D eigenvalue weighted by atomic mass is 9.97. The fraction of sp³-hybridized carbons (Fsp3) is 0.176. The van der Waals surface area contributed by atoms with Crippen LogP contribution in [0, 0.1) is 0 Å². The minimum absolute atomic E-state index is 0.0573. The number of carboxylic acids is 1. The highest BCUT2D eigenvalue weighted by Crippen LogP contribution is 2.27. The molecule has 0 radical (unpaired) electrons. The number of hydrogen-bond acceptors (Lipinski definition) is 4. The summed E-state index contributed by atoms with van der Waals surface area (Å²) in [4.78, 5) is 25.6. The highest BCUT2D eigenvalue weighted by Gasteiger charge is 2.20. The molecular formula is C17H17NO4. The summed E-state index contributed by atoms with van der Waals surface area (Å²) in [5.74, 6) is -1.85. The summed E-state index contributed by atoms with van der Waals surface area (Å²) in [5, 5.41) is 19.3. The number of ketones is 1. The van der Waals surface area contributed by atoms with Crippen molar-refractivity contribution in [1.82, 2.24) is 0 Å². The van der Waals surface area contributed by atoms with Crippen LogP contribution in [0.5, 0.6) is 5.75 Å². The van der Waals surface area contributed by atoms with Gasteiger partial charge in [-0.1, -0.05) is 18.2 Å². The highest BCUT2D eigenvalue weighted by atomic mass is 16.4. The van der Waals surface area contributed by atoms with Crippen molar-refractivity contribution < 1.29 is 19.8 Å². The maximum atomic E-state index is 12.5. The normalized spacial score (nSPS) is 10.3. The molecule has 0 unspecified atom stereocenters. The Morgan fingerprint density at radius 3 is 2.23 bits per heavy atom. The third-order valence-corrected chi connectivity index (χ3v) is 3.54. The van der Waals surface area contributed by atoms with E-state index in [1.54, 1.807) is 18.2 Å². The van der Waals surface area contributed by atoms with E-state index in [1.165, 1.54) is 24.3 Å². The summed E-state index contributed by atoms with van der Waals surface area (Å²) < 4.78 is 0. The molecule has 0 spiro atoms.